The first-order valence-electron chi connectivity index (χ1n) is 6.38. The Balaban J connectivity index is 1.94. The number of carboxylic acid groups (broad SMARTS) is 1. The van der Waals surface area contributed by atoms with Crippen LogP contribution >= 0.6 is 11.8 Å². The molecule has 0 radical (unpaired) electrons. The van der Waals surface area contributed by atoms with Crippen molar-refractivity contribution in [2.75, 3.05) is 18.1 Å². The summed E-state index contributed by atoms with van der Waals surface area (Å²) in [6, 6.07) is -0.940. The molecule has 1 amide bonds. The second-order valence-electron chi connectivity index (χ2n) is 4.72. The van der Waals surface area contributed by atoms with Gasteiger partial charge >= 0.3 is 5.97 Å². The van der Waals surface area contributed by atoms with Crippen molar-refractivity contribution in [2.24, 2.45) is 7.05 Å². The van der Waals surface area contributed by atoms with Gasteiger partial charge in [0.25, 0.3) is 0 Å². The molecule has 2 unspecified atom stereocenters. The number of thioether (sulfide) groups is 1. The number of aromatic nitrogens is 2. The van der Waals surface area contributed by atoms with Crippen LogP contribution in [0.4, 0.5) is 0 Å². The maximum Gasteiger partial charge on any atom is 0.331 e. The quantitative estimate of drug-likeness (QED) is 0.694. The standard InChI is InChI=1S/C12H18N4O3S/c1-16-6-8(5-14-16)11(12(18)19)15-10(17)4-9-7-20-3-2-13-9/h5-6,9,11,13H,2-4,7H2,1H3,(H,15,17)(H,18,19). The fourth-order valence-electron chi connectivity index (χ4n) is 2.07. The van der Waals surface area contributed by atoms with E-state index in [2.05, 4.69) is 15.7 Å². The lowest BCUT2D eigenvalue weighted by molar-refractivity contribution is -0.142. The minimum absolute atomic E-state index is 0.108. The lowest BCUT2D eigenvalue weighted by Gasteiger charge is -2.23. The largest absolute Gasteiger partial charge is 0.479 e. The maximum absolute atomic E-state index is 12.0. The van der Waals surface area contributed by atoms with Crippen molar-refractivity contribution in [3.8, 4) is 0 Å². The Bertz CT molecular complexity index is 485. The lowest BCUT2D eigenvalue weighted by atomic mass is 10.1. The molecule has 1 aromatic heterocycles. The molecule has 8 heteroatoms. The number of hydrogen-bond donors (Lipinski definition) is 3. The Morgan fingerprint density at radius 1 is 1.70 bits per heavy atom. The molecule has 3 N–H and O–H groups in total. The van der Waals surface area contributed by atoms with Gasteiger partial charge < -0.3 is 15.7 Å². The van der Waals surface area contributed by atoms with Crippen molar-refractivity contribution in [1.29, 1.82) is 0 Å². The molecule has 2 atom stereocenters. The Hall–Kier alpha value is -1.54. The average Bonchev–Trinajstić information content (AvgIpc) is 2.83. The molecule has 1 aromatic rings. The minimum Gasteiger partial charge on any atom is -0.479 e. The zero-order valence-corrected chi connectivity index (χ0v) is 12.0. The fraction of sp³-hybridized carbons (Fsp3) is 0.583. The highest BCUT2D eigenvalue weighted by Gasteiger charge is 2.25. The number of carbonyl (C=O) groups is 2. The van der Waals surface area contributed by atoms with Gasteiger partial charge in [-0.3, -0.25) is 9.48 Å². The van der Waals surface area contributed by atoms with E-state index in [9.17, 15) is 14.7 Å². The molecule has 0 bridgehead atoms. The summed E-state index contributed by atoms with van der Waals surface area (Å²) < 4.78 is 1.51. The van der Waals surface area contributed by atoms with Crippen LogP contribution in [0.1, 0.15) is 18.0 Å². The Morgan fingerprint density at radius 3 is 3.05 bits per heavy atom. The van der Waals surface area contributed by atoms with Gasteiger partial charge in [0, 0.05) is 49.3 Å². The second-order valence-corrected chi connectivity index (χ2v) is 5.87. The van der Waals surface area contributed by atoms with E-state index in [-0.39, 0.29) is 18.4 Å². The molecule has 20 heavy (non-hydrogen) atoms. The summed E-state index contributed by atoms with van der Waals surface area (Å²) in [6.07, 6.45) is 3.33. The number of amides is 1. The number of aryl methyl sites for hydroxylation is 1. The van der Waals surface area contributed by atoms with E-state index < -0.39 is 12.0 Å². The molecule has 1 aliphatic heterocycles. The monoisotopic (exact) mass is 298 g/mol. The smallest absolute Gasteiger partial charge is 0.331 e. The predicted molar refractivity (Wildman–Crippen MR) is 75.5 cm³/mol. The van der Waals surface area contributed by atoms with E-state index in [0.29, 0.717) is 5.56 Å². The molecule has 2 rings (SSSR count). The maximum atomic E-state index is 12.0. The zero-order chi connectivity index (χ0) is 14.5. The fourth-order valence-corrected chi connectivity index (χ4v) is 3.02. The summed E-state index contributed by atoms with van der Waals surface area (Å²) in [6.45, 7) is 0.883. The van der Waals surface area contributed by atoms with Gasteiger partial charge in [-0.1, -0.05) is 0 Å². The topological polar surface area (TPSA) is 96.2 Å². The van der Waals surface area contributed by atoms with Crippen LogP contribution in [-0.4, -0.2) is 50.9 Å². The molecule has 1 saturated heterocycles. The molecule has 0 spiro atoms. The predicted octanol–water partition coefficient (Wildman–Crippen LogP) is -0.243. The summed E-state index contributed by atoms with van der Waals surface area (Å²) >= 11 is 1.80. The molecule has 0 aromatic carbocycles. The van der Waals surface area contributed by atoms with Gasteiger partial charge in [0.15, 0.2) is 6.04 Å². The van der Waals surface area contributed by atoms with Crippen LogP contribution in [0, 0.1) is 0 Å². The Kier molecular flexibility index (Phi) is 5.02. The Labute approximate surface area is 121 Å². The third-order valence-corrected chi connectivity index (χ3v) is 4.17. The molecule has 0 aliphatic carbocycles. The average molecular weight is 298 g/mol. The summed E-state index contributed by atoms with van der Waals surface area (Å²) in [5.74, 6) is 0.572. The first-order valence-corrected chi connectivity index (χ1v) is 7.53. The first kappa shape index (κ1) is 14.9. The number of hydrogen-bond acceptors (Lipinski definition) is 5. The molecule has 0 saturated carbocycles. The highest BCUT2D eigenvalue weighted by molar-refractivity contribution is 7.99. The van der Waals surface area contributed by atoms with Gasteiger partial charge in [0.2, 0.25) is 5.91 Å². The van der Waals surface area contributed by atoms with Crippen LogP contribution in [0.25, 0.3) is 0 Å². The van der Waals surface area contributed by atoms with Crippen molar-refractivity contribution in [1.82, 2.24) is 20.4 Å². The molecular formula is C12H18N4O3S. The molecular weight excluding hydrogens is 280 g/mol. The second kappa shape index (κ2) is 6.76. The number of carboxylic acids is 1. The van der Waals surface area contributed by atoms with Gasteiger partial charge in [-0.2, -0.15) is 16.9 Å². The van der Waals surface area contributed by atoms with Crippen molar-refractivity contribution in [3.63, 3.8) is 0 Å². The first-order chi connectivity index (χ1) is 9.56. The third kappa shape index (κ3) is 3.97. The SMILES string of the molecule is Cn1cc(C(NC(=O)CC2CSCCN2)C(=O)O)cn1. The van der Waals surface area contributed by atoms with Crippen molar-refractivity contribution in [3.05, 3.63) is 18.0 Å². The van der Waals surface area contributed by atoms with E-state index in [1.165, 1.54) is 10.9 Å². The molecule has 2 heterocycles. The molecule has 7 nitrogen and oxygen atoms in total. The van der Waals surface area contributed by atoms with E-state index >= 15 is 0 Å². The number of carbonyl (C=O) groups excluding carboxylic acids is 1. The summed E-state index contributed by atoms with van der Waals surface area (Å²) in [5.41, 5.74) is 0.472. The van der Waals surface area contributed by atoms with Crippen LogP contribution in [0.5, 0.6) is 0 Å². The van der Waals surface area contributed by atoms with Crippen LogP contribution < -0.4 is 10.6 Å². The summed E-state index contributed by atoms with van der Waals surface area (Å²) in [4.78, 5) is 23.2. The lowest BCUT2D eigenvalue weighted by Crippen LogP contribution is -2.43. The van der Waals surface area contributed by atoms with Gasteiger partial charge in [-0.25, -0.2) is 4.79 Å². The summed E-state index contributed by atoms with van der Waals surface area (Å²) in [7, 11) is 1.70. The summed E-state index contributed by atoms with van der Waals surface area (Å²) in [5, 5.41) is 19.0. The van der Waals surface area contributed by atoms with Crippen LogP contribution in [-0.2, 0) is 16.6 Å². The van der Waals surface area contributed by atoms with Gasteiger partial charge in [0.05, 0.1) is 6.20 Å². The van der Waals surface area contributed by atoms with Crippen LogP contribution in [0.2, 0.25) is 0 Å². The molecule has 110 valence electrons. The van der Waals surface area contributed by atoms with Crippen molar-refractivity contribution in [2.45, 2.75) is 18.5 Å². The number of nitrogens with zero attached hydrogens (tertiary/aromatic N) is 2. The van der Waals surface area contributed by atoms with Gasteiger partial charge in [-0.05, 0) is 0 Å². The van der Waals surface area contributed by atoms with Gasteiger partial charge in [-0.15, -0.1) is 0 Å². The van der Waals surface area contributed by atoms with Gasteiger partial charge in [0.1, 0.15) is 0 Å². The Morgan fingerprint density at radius 2 is 2.50 bits per heavy atom. The molecule has 1 aliphatic rings. The minimum atomic E-state index is -1.09. The highest BCUT2D eigenvalue weighted by Crippen LogP contribution is 2.14. The van der Waals surface area contributed by atoms with E-state index in [1.54, 1.807) is 25.0 Å². The number of aliphatic carboxylic acids is 1. The van der Waals surface area contributed by atoms with Crippen molar-refractivity contribution < 1.29 is 14.7 Å². The highest BCUT2D eigenvalue weighted by atomic mass is 32.2. The van der Waals surface area contributed by atoms with E-state index in [1.807, 2.05) is 0 Å². The van der Waals surface area contributed by atoms with Crippen LogP contribution in [0.3, 0.4) is 0 Å². The zero-order valence-electron chi connectivity index (χ0n) is 11.2. The van der Waals surface area contributed by atoms with E-state index in [4.69, 9.17) is 0 Å². The van der Waals surface area contributed by atoms with Crippen LogP contribution in [0.15, 0.2) is 12.4 Å². The number of nitrogens with one attached hydrogen (secondary N) is 2. The normalized spacial score (nSPS) is 20.4. The molecule has 1 fully saturated rings. The van der Waals surface area contributed by atoms with E-state index in [0.717, 1.165) is 18.1 Å². The van der Waals surface area contributed by atoms with Crippen molar-refractivity contribution >= 4 is 23.6 Å². The number of rotatable bonds is 5. The third-order valence-electron chi connectivity index (χ3n) is 3.04.